The Morgan fingerprint density at radius 2 is 2.17 bits per heavy atom. The van der Waals surface area contributed by atoms with Crippen molar-refractivity contribution in [1.82, 2.24) is 15.1 Å². The molecule has 1 aliphatic rings. The highest BCUT2D eigenvalue weighted by Gasteiger charge is 2.10. The Balaban J connectivity index is 1.48. The molecule has 2 aromatic rings. The highest BCUT2D eigenvalue weighted by atomic mass is 15.3. The van der Waals surface area contributed by atoms with Crippen LogP contribution in [0.5, 0.6) is 0 Å². The third-order valence-electron chi connectivity index (χ3n) is 3.57. The first kappa shape index (κ1) is 11.5. The fraction of sp³-hybridized carbons (Fsp3) is 0.400. The Kier molecular flexibility index (Phi) is 3.42. The average molecular weight is 241 g/mol. The van der Waals surface area contributed by atoms with Gasteiger partial charge in [0.25, 0.3) is 0 Å². The van der Waals surface area contributed by atoms with Crippen molar-refractivity contribution in [2.45, 2.75) is 32.4 Å². The van der Waals surface area contributed by atoms with Crippen LogP contribution in [0, 0.1) is 0 Å². The summed E-state index contributed by atoms with van der Waals surface area (Å²) in [5, 5.41) is 7.66. The number of hydrogen-bond acceptors (Lipinski definition) is 2. The largest absolute Gasteiger partial charge is 0.311 e. The van der Waals surface area contributed by atoms with E-state index in [0.29, 0.717) is 0 Å². The molecule has 0 saturated heterocycles. The number of nitrogens with zero attached hydrogens (tertiary/aromatic N) is 2. The Morgan fingerprint density at radius 3 is 3.06 bits per heavy atom. The average Bonchev–Trinajstić information content (AvgIpc) is 3.05. The molecule has 1 heterocycles. The van der Waals surface area contributed by atoms with Gasteiger partial charge in [-0.15, -0.1) is 0 Å². The second kappa shape index (κ2) is 5.36. The van der Waals surface area contributed by atoms with E-state index in [4.69, 9.17) is 0 Å². The van der Waals surface area contributed by atoms with E-state index in [1.807, 2.05) is 23.1 Å². The van der Waals surface area contributed by atoms with E-state index >= 15 is 0 Å². The van der Waals surface area contributed by atoms with Gasteiger partial charge in [0, 0.05) is 25.5 Å². The molecule has 0 spiro atoms. The predicted octanol–water partition coefficient (Wildman–Crippen LogP) is 2.16. The minimum atomic E-state index is 0.929. The van der Waals surface area contributed by atoms with Crippen LogP contribution in [0.3, 0.4) is 0 Å². The van der Waals surface area contributed by atoms with Crippen molar-refractivity contribution in [2.75, 3.05) is 6.54 Å². The van der Waals surface area contributed by atoms with Crippen LogP contribution >= 0.6 is 0 Å². The van der Waals surface area contributed by atoms with Crippen molar-refractivity contribution in [3.8, 4) is 0 Å². The SMILES string of the molecule is c1cnn(CCNCc2ccc3c(c2)CCC3)c1. The molecule has 1 aromatic carbocycles. The van der Waals surface area contributed by atoms with Gasteiger partial charge in [-0.05, 0) is 42.0 Å². The molecule has 0 amide bonds. The summed E-state index contributed by atoms with van der Waals surface area (Å²) in [5.74, 6) is 0. The number of rotatable bonds is 5. The molecule has 1 aliphatic carbocycles. The summed E-state index contributed by atoms with van der Waals surface area (Å²) in [6.07, 6.45) is 7.67. The first-order chi connectivity index (χ1) is 8.92. The van der Waals surface area contributed by atoms with E-state index in [1.165, 1.54) is 24.8 Å². The first-order valence-electron chi connectivity index (χ1n) is 6.71. The molecule has 0 unspecified atom stereocenters. The Labute approximate surface area is 108 Å². The van der Waals surface area contributed by atoms with Crippen LogP contribution in [-0.4, -0.2) is 16.3 Å². The Hall–Kier alpha value is -1.61. The van der Waals surface area contributed by atoms with Crippen molar-refractivity contribution in [3.63, 3.8) is 0 Å². The lowest BCUT2D eigenvalue weighted by Crippen LogP contribution is -2.19. The summed E-state index contributed by atoms with van der Waals surface area (Å²) >= 11 is 0. The number of benzene rings is 1. The highest BCUT2D eigenvalue weighted by Crippen LogP contribution is 2.22. The van der Waals surface area contributed by atoms with Crippen molar-refractivity contribution >= 4 is 0 Å². The lowest BCUT2D eigenvalue weighted by molar-refractivity contribution is 0.555. The van der Waals surface area contributed by atoms with Crippen LogP contribution < -0.4 is 5.32 Å². The van der Waals surface area contributed by atoms with E-state index in [-0.39, 0.29) is 0 Å². The fourth-order valence-corrected chi connectivity index (χ4v) is 2.59. The van der Waals surface area contributed by atoms with Crippen LogP contribution in [-0.2, 0) is 25.9 Å². The maximum absolute atomic E-state index is 4.18. The summed E-state index contributed by atoms with van der Waals surface area (Å²) in [5.41, 5.74) is 4.51. The van der Waals surface area contributed by atoms with E-state index < -0.39 is 0 Å². The summed E-state index contributed by atoms with van der Waals surface area (Å²) in [4.78, 5) is 0. The number of aromatic nitrogens is 2. The normalized spacial score (nSPS) is 13.8. The minimum Gasteiger partial charge on any atom is -0.311 e. The summed E-state index contributed by atoms with van der Waals surface area (Å²) in [6, 6.07) is 8.88. The molecular formula is C15H19N3. The number of aryl methyl sites for hydroxylation is 2. The van der Waals surface area contributed by atoms with Gasteiger partial charge in [-0.1, -0.05) is 18.2 Å². The molecule has 0 radical (unpaired) electrons. The molecule has 3 heteroatoms. The monoisotopic (exact) mass is 241 g/mol. The van der Waals surface area contributed by atoms with Gasteiger partial charge in [0.1, 0.15) is 0 Å². The fourth-order valence-electron chi connectivity index (χ4n) is 2.59. The smallest absolute Gasteiger partial charge is 0.0534 e. The number of hydrogen-bond donors (Lipinski definition) is 1. The maximum Gasteiger partial charge on any atom is 0.0534 e. The minimum absolute atomic E-state index is 0.929. The summed E-state index contributed by atoms with van der Waals surface area (Å²) in [7, 11) is 0. The molecule has 0 saturated carbocycles. The summed E-state index contributed by atoms with van der Waals surface area (Å²) in [6.45, 7) is 2.84. The third kappa shape index (κ3) is 2.62. The molecule has 3 rings (SSSR count). The van der Waals surface area contributed by atoms with Crippen LogP contribution in [0.1, 0.15) is 23.1 Å². The lowest BCUT2D eigenvalue weighted by Gasteiger charge is -2.07. The van der Waals surface area contributed by atoms with Crippen molar-refractivity contribution in [3.05, 3.63) is 53.3 Å². The second-order valence-corrected chi connectivity index (χ2v) is 4.90. The highest BCUT2D eigenvalue weighted by molar-refractivity contribution is 5.35. The second-order valence-electron chi connectivity index (χ2n) is 4.90. The van der Waals surface area contributed by atoms with E-state index in [9.17, 15) is 0 Å². The molecule has 0 aliphatic heterocycles. The van der Waals surface area contributed by atoms with Crippen LogP contribution in [0.15, 0.2) is 36.7 Å². The molecule has 3 nitrogen and oxygen atoms in total. The maximum atomic E-state index is 4.18. The zero-order chi connectivity index (χ0) is 12.2. The van der Waals surface area contributed by atoms with Crippen molar-refractivity contribution in [1.29, 1.82) is 0 Å². The van der Waals surface area contributed by atoms with Gasteiger partial charge in [-0.2, -0.15) is 5.10 Å². The quantitative estimate of drug-likeness (QED) is 0.813. The molecule has 1 N–H and O–H groups in total. The zero-order valence-corrected chi connectivity index (χ0v) is 10.6. The lowest BCUT2D eigenvalue weighted by atomic mass is 10.1. The van der Waals surface area contributed by atoms with Gasteiger partial charge in [0.15, 0.2) is 0 Å². The molecule has 0 fully saturated rings. The third-order valence-corrected chi connectivity index (χ3v) is 3.57. The Bertz CT molecular complexity index is 502. The number of fused-ring (bicyclic) bond motifs is 1. The topological polar surface area (TPSA) is 29.9 Å². The van der Waals surface area contributed by atoms with Gasteiger partial charge >= 0.3 is 0 Å². The van der Waals surface area contributed by atoms with Gasteiger partial charge in [0.2, 0.25) is 0 Å². The molecule has 0 bridgehead atoms. The molecule has 18 heavy (non-hydrogen) atoms. The Morgan fingerprint density at radius 1 is 1.22 bits per heavy atom. The molecular weight excluding hydrogens is 222 g/mol. The molecule has 0 atom stereocenters. The van der Waals surface area contributed by atoms with Gasteiger partial charge in [0.05, 0.1) is 6.54 Å². The van der Waals surface area contributed by atoms with Crippen molar-refractivity contribution in [2.24, 2.45) is 0 Å². The van der Waals surface area contributed by atoms with Crippen LogP contribution in [0.4, 0.5) is 0 Å². The number of nitrogens with one attached hydrogen (secondary N) is 1. The van der Waals surface area contributed by atoms with Gasteiger partial charge < -0.3 is 5.32 Å². The zero-order valence-electron chi connectivity index (χ0n) is 10.6. The van der Waals surface area contributed by atoms with E-state index in [2.05, 4.69) is 28.6 Å². The van der Waals surface area contributed by atoms with Crippen molar-refractivity contribution < 1.29 is 0 Å². The van der Waals surface area contributed by atoms with Gasteiger partial charge in [-0.3, -0.25) is 4.68 Å². The van der Waals surface area contributed by atoms with E-state index in [1.54, 1.807) is 11.1 Å². The van der Waals surface area contributed by atoms with E-state index in [0.717, 1.165) is 19.6 Å². The van der Waals surface area contributed by atoms with Gasteiger partial charge in [-0.25, -0.2) is 0 Å². The molecule has 1 aromatic heterocycles. The molecule has 94 valence electrons. The standard InChI is InChI=1S/C15H19N3/c1-3-14-6-5-13(11-15(14)4-1)12-16-8-10-18-9-2-7-17-18/h2,5-7,9,11,16H,1,3-4,8,10,12H2. The first-order valence-corrected chi connectivity index (χ1v) is 6.71. The van der Waals surface area contributed by atoms with Crippen LogP contribution in [0.25, 0.3) is 0 Å². The predicted molar refractivity (Wildman–Crippen MR) is 72.4 cm³/mol. The van der Waals surface area contributed by atoms with Crippen LogP contribution in [0.2, 0.25) is 0 Å². The summed E-state index contributed by atoms with van der Waals surface area (Å²) < 4.78 is 1.95.